The lowest BCUT2D eigenvalue weighted by Gasteiger charge is -2.29. The average molecular weight is 227 g/mol. The predicted molar refractivity (Wildman–Crippen MR) is 66.2 cm³/mol. The summed E-state index contributed by atoms with van der Waals surface area (Å²) in [4.78, 5) is 16.3. The molecule has 0 spiro atoms. The van der Waals surface area contributed by atoms with E-state index in [9.17, 15) is 4.79 Å². The summed E-state index contributed by atoms with van der Waals surface area (Å²) in [5.41, 5.74) is 5.74. The number of hydrogen-bond donors (Lipinski definition) is 1. The zero-order valence-electron chi connectivity index (χ0n) is 10.8. The smallest absolute Gasteiger partial charge is 0.241 e. The Kier molecular flexibility index (Phi) is 5.22. The van der Waals surface area contributed by atoms with Crippen LogP contribution in [0.15, 0.2) is 0 Å². The molecule has 1 rings (SSSR count). The van der Waals surface area contributed by atoms with Gasteiger partial charge in [-0.05, 0) is 26.3 Å². The summed E-state index contributed by atoms with van der Waals surface area (Å²) in [6.45, 7) is 6.68. The van der Waals surface area contributed by atoms with Crippen LogP contribution >= 0.6 is 0 Å². The molecule has 0 radical (unpaired) electrons. The monoisotopic (exact) mass is 227 g/mol. The number of nitrogens with zero attached hydrogens (tertiary/aromatic N) is 2. The Morgan fingerprint density at radius 1 is 1.50 bits per heavy atom. The second-order valence-corrected chi connectivity index (χ2v) is 4.73. The first-order chi connectivity index (χ1) is 7.61. The molecule has 0 bridgehead atoms. The number of carbonyl (C=O) groups is 1. The first kappa shape index (κ1) is 13.5. The highest BCUT2D eigenvalue weighted by Gasteiger charge is 2.32. The van der Waals surface area contributed by atoms with Crippen LogP contribution in [-0.2, 0) is 4.79 Å². The van der Waals surface area contributed by atoms with Gasteiger partial charge in [-0.2, -0.15) is 0 Å². The molecular formula is C12H25N3O. The summed E-state index contributed by atoms with van der Waals surface area (Å²) in [7, 11) is 1.89. The molecule has 94 valence electrons. The van der Waals surface area contributed by atoms with E-state index in [0.717, 1.165) is 32.4 Å². The van der Waals surface area contributed by atoms with Crippen LogP contribution in [0.25, 0.3) is 0 Å². The van der Waals surface area contributed by atoms with Crippen molar-refractivity contribution in [1.29, 1.82) is 0 Å². The minimum atomic E-state index is -0.110. The largest absolute Gasteiger partial charge is 0.342 e. The standard InChI is InChI=1S/C12H25N3O/c1-4-5-7-15-8-6-10(2)14(3)12(16)11(15)9-13/h10-11H,4-9,13H2,1-3H3. The molecular weight excluding hydrogens is 202 g/mol. The Balaban J connectivity index is 2.72. The lowest BCUT2D eigenvalue weighted by Crippen LogP contribution is -2.50. The summed E-state index contributed by atoms with van der Waals surface area (Å²) >= 11 is 0. The highest BCUT2D eigenvalue weighted by atomic mass is 16.2. The molecule has 0 aromatic carbocycles. The molecule has 16 heavy (non-hydrogen) atoms. The van der Waals surface area contributed by atoms with Crippen LogP contribution in [-0.4, -0.2) is 54.5 Å². The first-order valence-electron chi connectivity index (χ1n) is 6.32. The Bertz CT molecular complexity index is 232. The van der Waals surface area contributed by atoms with Crippen molar-refractivity contribution in [2.24, 2.45) is 5.73 Å². The van der Waals surface area contributed by atoms with Gasteiger partial charge >= 0.3 is 0 Å². The summed E-state index contributed by atoms with van der Waals surface area (Å²) in [6, 6.07) is 0.217. The fraction of sp³-hybridized carbons (Fsp3) is 0.917. The fourth-order valence-electron chi connectivity index (χ4n) is 2.19. The minimum Gasteiger partial charge on any atom is -0.342 e. The van der Waals surface area contributed by atoms with Crippen LogP contribution in [0.3, 0.4) is 0 Å². The van der Waals surface area contributed by atoms with E-state index < -0.39 is 0 Å². The zero-order valence-corrected chi connectivity index (χ0v) is 10.8. The Morgan fingerprint density at radius 3 is 2.75 bits per heavy atom. The molecule has 4 nitrogen and oxygen atoms in total. The highest BCUT2D eigenvalue weighted by Crippen LogP contribution is 2.15. The molecule has 2 atom stereocenters. The minimum absolute atomic E-state index is 0.110. The molecule has 2 unspecified atom stereocenters. The Hall–Kier alpha value is -0.610. The number of rotatable bonds is 4. The van der Waals surface area contributed by atoms with E-state index in [2.05, 4.69) is 18.7 Å². The SMILES string of the molecule is CCCCN1CCC(C)N(C)C(=O)C1CN. The van der Waals surface area contributed by atoms with Crippen molar-refractivity contribution in [3.05, 3.63) is 0 Å². The Labute approximate surface area is 98.8 Å². The number of hydrogen-bond acceptors (Lipinski definition) is 3. The fourth-order valence-corrected chi connectivity index (χ4v) is 2.19. The number of nitrogens with two attached hydrogens (primary N) is 1. The van der Waals surface area contributed by atoms with Gasteiger partial charge in [0.15, 0.2) is 0 Å². The lowest BCUT2D eigenvalue weighted by molar-refractivity contribution is -0.135. The third kappa shape index (κ3) is 2.95. The number of amides is 1. The van der Waals surface area contributed by atoms with Crippen molar-refractivity contribution in [3.8, 4) is 0 Å². The quantitative estimate of drug-likeness (QED) is 0.768. The van der Waals surface area contributed by atoms with Crippen LogP contribution in [0.5, 0.6) is 0 Å². The third-order valence-corrected chi connectivity index (χ3v) is 3.59. The van der Waals surface area contributed by atoms with Gasteiger partial charge in [0.05, 0.1) is 0 Å². The van der Waals surface area contributed by atoms with Crippen molar-refractivity contribution in [3.63, 3.8) is 0 Å². The van der Waals surface area contributed by atoms with Gasteiger partial charge in [0, 0.05) is 26.2 Å². The van der Waals surface area contributed by atoms with Crippen LogP contribution < -0.4 is 5.73 Å². The molecule has 1 heterocycles. The van der Waals surface area contributed by atoms with Gasteiger partial charge in [-0.15, -0.1) is 0 Å². The van der Waals surface area contributed by atoms with Crippen molar-refractivity contribution in [2.45, 2.75) is 45.2 Å². The van der Waals surface area contributed by atoms with Crippen LogP contribution in [0.1, 0.15) is 33.1 Å². The molecule has 0 aromatic heterocycles. The average Bonchev–Trinajstić information content (AvgIpc) is 2.39. The normalized spacial score (nSPS) is 28.2. The predicted octanol–water partition coefficient (Wildman–Crippen LogP) is 0.666. The van der Waals surface area contributed by atoms with Gasteiger partial charge in [0.1, 0.15) is 6.04 Å². The van der Waals surface area contributed by atoms with Crippen LogP contribution in [0, 0.1) is 0 Å². The van der Waals surface area contributed by atoms with E-state index >= 15 is 0 Å². The maximum absolute atomic E-state index is 12.2. The van der Waals surface area contributed by atoms with E-state index in [1.165, 1.54) is 0 Å². The highest BCUT2D eigenvalue weighted by molar-refractivity contribution is 5.82. The van der Waals surface area contributed by atoms with Gasteiger partial charge < -0.3 is 10.6 Å². The molecule has 1 fully saturated rings. The van der Waals surface area contributed by atoms with Gasteiger partial charge in [-0.3, -0.25) is 9.69 Å². The molecule has 2 N–H and O–H groups in total. The topological polar surface area (TPSA) is 49.6 Å². The van der Waals surface area contributed by atoms with E-state index in [-0.39, 0.29) is 11.9 Å². The maximum Gasteiger partial charge on any atom is 0.241 e. The van der Waals surface area contributed by atoms with Gasteiger partial charge in [0.2, 0.25) is 5.91 Å². The molecule has 0 saturated carbocycles. The van der Waals surface area contributed by atoms with Crippen molar-refractivity contribution < 1.29 is 4.79 Å². The van der Waals surface area contributed by atoms with Crippen LogP contribution in [0.2, 0.25) is 0 Å². The maximum atomic E-state index is 12.2. The van der Waals surface area contributed by atoms with Crippen molar-refractivity contribution in [1.82, 2.24) is 9.80 Å². The van der Waals surface area contributed by atoms with E-state index in [4.69, 9.17) is 5.73 Å². The van der Waals surface area contributed by atoms with Crippen molar-refractivity contribution >= 4 is 5.91 Å². The second kappa shape index (κ2) is 6.21. The summed E-state index contributed by atoms with van der Waals surface area (Å²) in [5, 5.41) is 0. The summed E-state index contributed by atoms with van der Waals surface area (Å²) in [6.07, 6.45) is 3.34. The third-order valence-electron chi connectivity index (χ3n) is 3.59. The number of carbonyl (C=O) groups excluding carboxylic acids is 1. The first-order valence-corrected chi connectivity index (χ1v) is 6.32. The molecule has 1 aliphatic rings. The molecule has 4 heteroatoms. The van der Waals surface area contributed by atoms with Crippen molar-refractivity contribution in [2.75, 3.05) is 26.7 Å². The van der Waals surface area contributed by atoms with Gasteiger partial charge in [0.25, 0.3) is 0 Å². The molecule has 1 aliphatic heterocycles. The zero-order chi connectivity index (χ0) is 12.1. The second-order valence-electron chi connectivity index (χ2n) is 4.73. The number of likely N-dealkylation sites (N-methyl/N-ethyl adjacent to an activating group) is 1. The number of unbranched alkanes of at least 4 members (excludes halogenated alkanes) is 1. The van der Waals surface area contributed by atoms with Crippen LogP contribution in [0.4, 0.5) is 0 Å². The Morgan fingerprint density at radius 2 is 2.19 bits per heavy atom. The summed E-state index contributed by atoms with van der Waals surface area (Å²) in [5.74, 6) is 0.184. The molecule has 1 amide bonds. The molecule has 1 saturated heterocycles. The van der Waals surface area contributed by atoms with Gasteiger partial charge in [-0.1, -0.05) is 13.3 Å². The molecule has 0 aliphatic carbocycles. The van der Waals surface area contributed by atoms with E-state index in [1.54, 1.807) is 0 Å². The van der Waals surface area contributed by atoms with E-state index in [0.29, 0.717) is 12.6 Å². The molecule has 0 aromatic rings. The summed E-state index contributed by atoms with van der Waals surface area (Å²) < 4.78 is 0. The van der Waals surface area contributed by atoms with Gasteiger partial charge in [-0.25, -0.2) is 0 Å². The lowest BCUT2D eigenvalue weighted by atomic mass is 10.2. The van der Waals surface area contributed by atoms with E-state index in [1.807, 2.05) is 11.9 Å².